The molecule has 2 rings (SSSR count). The third-order valence-corrected chi connectivity index (χ3v) is 4.15. The van der Waals surface area contributed by atoms with Crippen molar-refractivity contribution < 1.29 is 19.4 Å². The van der Waals surface area contributed by atoms with Crippen LogP contribution in [0.25, 0.3) is 0 Å². The number of β-amino-alcohol motifs (C(OH)–C–C–N with tert-alkyl or cyclic N) is 1. The first-order valence-electron chi connectivity index (χ1n) is 8.45. The normalized spacial score (nSPS) is 16.9. The summed E-state index contributed by atoms with van der Waals surface area (Å²) < 4.78 is 10.6. The van der Waals surface area contributed by atoms with Gasteiger partial charge >= 0.3 is 0 Å². The molecule has 1 aliphatic rings. The third-order valence-electron chi connectivity index (χ3n) is 4.15. The number of rotatable bonds is 8. The van der Waals surface area contributed by atoms with Crippen molar-refractivity contribution in [1.82, 2.24) is 9.80 Å². The van der Waals surface area contributed by atoms with Crippen LogP contribution in [0.1, 0.15) is 12.0 Å². The Labute approximate surface area is 144 Å². The van der Waals surface area contributed by atoms with Gasteiger partial charge in [0.2, 0.25) is 5.91 Å². The second-order valence-electron chi connectivity index (χ2n) is 6.21. The van der Waals surface area contributed by atoms with E-state index >= 15 is 0 Å². The van der Waals surface area contributed by atoms with Gasteiger partial charge < -0.3 is 19.5 Å². The van der Waals surface area contributed by atoms with Gasteiger partial charge in [0.1, 0.15) is 18.5 Å². The highest BCUT2D eigenvalue weighted by atomic mass is 16.5. The standard InChI is InChI=1S/C18H28N2O4/c1-15-4-3-5-17(12-15)24-14-16(21)13-19-7-9-20(10-8-19)18(22)6-11-23-2/h3-5,12,16,21H,6-11,13-14H2,1-2H3. The van der Waals surface area contributed by atoms with Crippen molar-refractivity contribution in [2.24, 2.45) is 0 Å². The van der Waals surface area contributed by atoms with E-state index in [1.807, 2.05) is 36.1 Å². The molecule has 1 saturated heterocycles. The van der Waals surface area contributed by atoms with Gasteiger partial charge in [-0.15, -0.1) is 0 Å². The lowest BCUT2D eigenvalue weighted by atomic mass is 10.2. The summed E-state index contributed by atoms with van der Waals surface area (Å²) in [6.07, 6.45) is -0.107. The molecule has 1 N–H and O–H groups in total. The molecule has 0 aromatic heterocycles. The van der Waals surface area contributed by atoms with Crippen LogP contribution < -0.4 is 4.74 Å². The van der Waals surface area contributed by atoms with Crippen molar-refractivity contribution in [2.75, 3.05) is 53.0 Å². The maximum absolute atomic E-state index is 11.9. The van der Waals surface area contributed by atoms with Gasteiger partial charge in [-0.2, -0.15) is 0 Å². The van der Waals surface area contributed by atoms with E-state index in [0.29, 0.717) is 32.7 Å². The SMILES string of the molecule is COCCC(=O)N1CCN(CC(O)COc2cccc(C)c2)CC1. The molecule has 0 radical (unpaired) electrons. The maximum atomic E-state index is 11.9. The van der Waals surface area contributed by atoms with E-state index in [4.69, 9.17) is 9.47 Å². The topological polar surface area (TPSA) is 62.2 Å². The minimum absolute atomic E-state index is 0.139. The number of benzene rings is 1. The van der Waals surface area contributed by atoms with E-state index < -0.39 is 6.10 Å². The van der Waals surface area contributed by atoms with Crippen LogP contribution in [0.5, 0.6) is 5.75 Å². The van der Waals surface area contributed by atoms with Gasteiger partial charge in [0, 0.05) is 39.8 Å². The minimum Gasteiger partial charge on any atom is -0.491 e. The molecule has 6 heteroatoms. The van der Waals surface area contributed by atoms with Crippen molar-refractivity contribution in [1.29, 1.82) is 0 Å². The summed E-state index contributed by atoms with van der Waals surface area (Å²) in [7, 11) is 1.60. The third kappa shape index (κ3) is 6.11. The molecule has 1 unspecified atom stereocenters. The van der Waals surface area contributed by atoms with E-state index in [1.54, 1.807) is 7.11 Å². The molecule has 0 spiro atoms. The Morgan fingerprint density at radius 3 is 2.71 bits per heavy atom. The van der Waals surface area contributed by atoms with Crippen molar-refractivity contribution in [3.05, 3.63) is 29.8 Å². The number of hydrogen-bond acceptors (Lipinski definition) is 5. The molecule has 0 saturated carbocycles. The number of ether oxygens (including phenoxy) is 2. The van der Waals surface area contributed by atoms with Crippen LogP contribution in [-0.4, -0.2) is 80.0 Å². The van der Waals surface area contributed by atoms with Gasteiger partial charge in [0.25, 0.3) is 0 Å². The first-order chi connectivity index (χ1) is 11.6. The summed E-state index contributed by atoms with van der Waals surface area (Å²) in [5, 5.41) is 10.2. The highest BCUT2D eigenvalue weighted by molar-refractivity contribution is 5.76. The van der Waals surface area contributed by atoms with Gasteiger partial charge in [-0.3, -0.25) is 9.69 Å². The maximum Gasteiger partial charge on any atom is 0.224 e. The average Bonchev–Trinajstić information content (AvgIpc) is 2.58. The lowest BCUT2D eigenvalue weighted by Gasteiger charge is -2.35. The Morgan fingerprint density at radius 1 is 1.29 bits per heavy atom. The zero-order valence-corrected chi connectivity index (χ0v) is 14.6. The molecular weight excluding hydrogens is 308 g/mol. The van der Waals surface area contributed by atoms with E-state index in [2.05, 4.69) is 4.90 Å². The Balaban J connectivity index is 1.66. The summed E-state index contributed by atoms with van der Waals surface area (Å²) in [5.74, 6) is 0.919. The fourth-order valence-electron chi connectivity index (χ4n) is 2.78. The summed E-state index contributed by atoms with van der Waals surface area (Å²) in [6.45, 7) is 6.27. The molecule has 24 heavy (non-hydrogen) atoms. The first kappa shape index (κ1) is 18.7. The molecule has 0 bridgehead atoms. The monoisotopic (exact) mass is 336 g/mol. The molecule has 1 heterocycles. The zero-order valence-electron chi connectivity index (χ0n) is 14.6. The van der Waals surface area contributed by atoms with Gasteiger partial charge in [-0.25, -0.2) is 0 Å². The van der Waals surface area contributed by atoms with Crippen LogP contribution in [0.15, 0.2) is 24.3 Å². The smallest absolute Gasteiger partial charge is 0.224 e. The van der Waals surface area contributed by atoms with Crippen molar-refractivity contribution in [2.45, 2.75) is 19.4 Å². The average molecular weight is 336 g/mol. The molecule has 1 aromatic rings. The van der Waals surface area contributed by atoms with Crippen molar-refractivity contribution >= 4 is 5.91 Å². The van der Waals surface area contributed by atoms with E-state index in [9.17, 15) is 9.90 Å². The predicted octanol–water partition coefficient (Wildman–Crippen LogP) is 0.915. The Bertz CT molecular complexity index is 515. The fourth-order valence-corrected chi connectivity index (χ4v) is 2.78. The summed E-state index contributed by atoms with van der Waals surface area (Å²) in [5.41, 5.74) is 1.14. The van der Waals surface area contributed by atoms with Crippen molar-refractivity contribution in [3.8, 4) is 5.75 Å². The number of aliphatic hydroxyl groups excluding tert-OH is 1. The number of amides is 1. The van der Waals surface area contributed by atoms with Crippen LogP contribution in [0, 0.1) is 6.92 Å². The number of carbonyl (C=O) groups is 1. The largest absolute Gasteiger partial charge is 0.491 e. The van der Waals surface area contributed by atoms with Crippen LogP contribution >= 0.6 is 0 Å². The highest BCUT2D eigenvalue weighted by Crippen LogP contribution is 2.13. The number of aryl methyl sites for hydroxylation is 1. The van der Waals surface area contributed by atoms with E-state index in [-0.39, 0.29) is 12.5 Å². The quantitative estimate of drug-likeness (QED) is 0.765. The minimum atomic E-state index is -0.541. The molecule has 1 atom stereocenters. The van der Waals surface area contributed by atoms with Gasteiger partial charge in [-0.05, 0) is 24.6 Å². The number of carbonyl (C=O) groups excluding carboxylic acids is 1. The molecule has 1 fully saturated rings. The van der Waals surface area contributed by atoms with Crippen LogP contribution in [0.4, 0.5) is 0 Å². The molecule has 1 amide bonds. The Morgan fingerprint density at radius 2 is 2.04 bits per heavy atom. The lowest BCUT2D eigenvalue weighted by Crippen LogP contribution is -2.51. The van der Waals surface area contributed by atoms with E-state index in [1.165, 1.54) is 0 Å². The highest BCUT2D eigenvalue weighted by Gasteiger charge is 2.22. The molecule has 134 valence electrons. The van der Waals surface area contributed by atoms with Crippen LogP contribution in [-0.2, 0) is 9.53 Å². The second-order valence-corrected chi connectivity index (χ2v) is 6.21. The van der Waals surface area contributed by atoms with Gasteiger partial charge in [-0.1, -0.05) is 12.1 Å². The molecule has 1 aromatic carbocycles. The lowest BCUT2D eigenvalue weighted by molar-refractivity contribution is -0.134. The fraction of sp³-hybridized carbons (Fsp3) is 0.611. The van der Waals surface area contributed by atoms with Gasteiger partial charge in [0.15, 0.2) is 0 Å². The Hall–Kier alpha value is -1.63. The summed E-state index contributed by atoms with van der Waals surface area (Å²) in [4.78, 5) is 16.0. The van der Waals surface area contributed by atoms with E-state index in [0.717, 1.165) is 24.4 Å². The number of methoxy groups -OCH3 is 1. The molecular formula is C18H28N2O4. The summed E-state index contributed by atoms with van der Waals surface area (Å²) >= 11 is 0. The molecule has 1 aliphatic heterocycles. The number of piperazine rings is 1. The molecule has 0 aliphatic carbocycles. The van der Waals surface area contributed by atoms with Gasteiger partial charge in [0.05, 0.1) is 13.0 Å². The Kier molecular flexibility index (Phi) is 7.49. The first-order valence-corrected chi connectivity index (χ1v) is 8.45. The zero-order chi connectivity index (χ0) is 17.4. The predicted molar refractivity (Wildman–Crippen MR) is 92.2 cm³/mol. The van der Waals surface area contributed by atoms with Crippen LogP contribution in [0.2, 0.25) is 0 Å². The van der Waals surface area contributed by atoms with Crippen LogP contribution in [0.3, 0.4) is 0 Å². The van der Waals surface area contributed by atoms with Crippen molar-refractivity contribution in [3.63, 3.8) is 0 Å². The number of hydrogen-bond donors (Lipinski definition) is 1. The number of nitrogens with zero attached hydrogens (tertiary/aromatic N) is 2. The summed E-state index contributed by atoms with van der Waals surface area (Å²) in [6, 6.07) is 7.80. The second kappa shape index (κ2) is 9.61. The number of aliphatic hydroxyl groups is 1. The molecule has 6 nitrogen and oxygen atoms in total.